The summed E-state index contributed by atoms with van der Waals surface area (Å²) in [7, 11) is 0. The van der Waals surface area contributed by atoms with Gasteiger partial charge >= 0.3 is 5.69 Å². The van der Waals surface area contributed by atoms with Crippen LogP contribution in [-0.4, -0.2) is 4.92 Å². The minimum absolute atomic E-state index is 0.0236. The van der Waals surface area contributed by atoms with E-state index in [9.17, 15) is 18.9 Å². The molecular weight excluding hydrogens is 266 g/mol. The zero-order valence-corrected chi connectivity index (χ0v) is 9.96. The Morgan fingerprint density at radius 3 is 2.61 bits per heavy atom. The number of allylic oxidation sites excluding steroid dienone is 1. The molecule has 0 fully saturated rings. The van der Waals surface area contributed by atoms with Crippen molar-refractivity contribution in [2.24, 2.45) is 0 Å². The van der Waals surface area contributed by atoms with Gasteiger partial charge in [0, 0.05) is 11.1 Å². The molecule has 7 heteroatoms. The Labute approximate surface area is 106 Å². The predicted octanol–water partition coefficient (Wildman–Crippen LogP) is 3.76. The lowest BCUT2D eigenvalue weighted by Gasteiger charge is -2.05. The quantitative estimate of drug-likeness (QED) is 0.478. The zero-order chi connectivity index (χ0) is 13.9. The van der Waals surface area contributed by atoms with E-state index in [4.69, 9.17) is 16.9 Å². The van der Waals surface area contributed by atoms with E-state index in [1.54, 1.807) is 13.0 Å². The molecule has 0 aliphatic heterocycles. The van der Waals surface area contributed by atoms with Crippen molar-refractivity contribution >= 4 is 22.3 Å². The second-order valence-corrected chi connectivity index (χ2v) is 3.68. The fourth-order valence-corrected chi connectivity index (χ4v) is 1.63. The number of halogens is 3. The van der Waals surface area contributed by atoms with Crippen LogP contribution in [0, 0.1) is 33.1 Å². The van der Waals surface area contributed by atoms with Crippen molar-refractivity contribution < 1.29 is 13.7 Å². The summed E-state index contributed by atoms with van der Waals surface area (Å²) in [5, 5.41) is 19.0. The number of benzene rings is 1. The van der Waals surface area contributed by atoms with Gasteiger partial charge in [-0.05, 0) is 12.5 Å². The number of rotatable bonds is 3. The van der Waals surface area contributed by atoms with E-state index in [1.165, 1.54) is 0 Å². The van der Waals surface area contributed by atoms with E-state index in [2.05, 4.69) is 0 Å². The second kappa shape index (κ2) is 5.56. The minimum Gasteiger partial charge on any atom is -0.258 e. The fourth-order valence-electron chi connectivity index (χ4n) is 1.31. The molecular formula is C11H7ClF2N2O2. The molecule has 1 aromatic carbocycles. The normalized spacial score (nSPS) is 11.7. The lowest BCUT2D eigenvalue weighted by molar-refractivity contribution is -0.387. The Morgan fingerprint density at radius 1 is 1.56 bits per heavy atom. The molecule has 0 saturated heterocycles. The summed E-state index contributed by atoms with van der Waals surface area (Å²) < 4.78 is 26.9. The average Bonchev–Trinajstić information content (AvgIpc) is 2.32. The van der Waals surface area contributed by atoms with Gasteiger partial charge in [0.15, 0.2) is 0 Å². The molecule has 4 nitrogen and oxygen atoms in total. The summed E-state index contributed by atoms with van der Waals surface area (Å²) in [5.41, 5.74) is -1.48. The van der Waals surface area contributed by atoms with Crippen LogP contribution in [0.1, 0.15) is 18.9 Å². The van der Waals surface area contributed by atoms with Gasteiger partial charge in [0.05, 0.1) is 22.1 Å². The number of hydrogen-bond acceptors (Lipinski definition) is 3. The van der Waals surface area contributed by atoms with Gasteiger partial charge in [0.25, 0.3) is 0 Å². The van der Waals surface area contributed by atoms with Gasteiger partial charge in [0.1, 0.15) is 5.82 Å². The van der Waals surface area contributed by atoms with E-state index < -0.39 is 27.8 Å². The molecule has 0 unspecified atom stereocenters. The van der Waals surface area contributed by atoms with Crippen molar-refractivity contribution in [2.75, 3.05) is 0 Å². The van der Waals surface area contributed by atoms with Crippen molar-refractivity contribution in [3.05, 3.63) is 45.0 Å². The lowest BCUT2D eigenvalue weighted by Crippen LogP contribution is -1.98. The number of nitro benzene ring substituents is 1. The Kier molecular flexibility index (Phi) is 4.34. The number of nitro groups is 1. The van der Waals surface area contributed by atoms with E-state index in [0.717, 1.165) is 6.07 Å². The molecule has 0 amide bonds. The number of hydrogen-bond donors (Lipinski definition) is 0. The molecule has 0 saturated carbocycles. The van der Waals surface area contributed by atoms with E-state index in [-0.39, 0.29) is 17.0 Å². The van der Waals surface area contributed by atoms with E-state index >= 15 is 0 Å². The first-order valence-electron chi connectivity index (χ1n) is 4.84. The maximum Gasteiger partial charge on any atom is 0.308 e. The third-order valence-electron chi connectivity index (χ3n) is 2.20. The van der Waals surface area contributed by atoms with Crippen molar-refractivity contribution in [1.29, 1.82) is 5.26 Å². The molecule has 18 heavy (non-hydrogen) atoms. The minimum atomic E-state index is -1.26. The fraction of sp³-hybridized carbons (Fsp3) is 0.182. The molecule has 0 bridgehead atoms. The summed E-state index contributed by atoms with van der Waals surface area (Å²) in [6, 6.07) is 2.91. The van der Waals surface area contributed by atoms with Gasteiger partial charge < -0.3 is 0 Å². The van der Waals surface area contributed by atoms with Gasteiger partial charge in [-0.2, -0.15) is 9.65 Å². The van der Waals surface area contributed by atoms with Gasteiger partial charge in [-0.3, -0.25) is 10.1 Å². The highest BCUT2D eigenvalue weighted by Crippen LogP contribution is 2.32. The van der Waals surface area contributed by atoms with Gasteiger partial charge in [0.2, 0.25) is 5.82 Å². The van der Waals surface area contributed by atoms with E-state index in [1.807, 2.05) is 0 Å². The zero-order valence-electron chi connectivity index (χ0n) is 9.21. The highest BCUT2D eigenvalue weighted by atomic mass is 35.5. The number of nitrogens with zero attached hydrogens (tertiary/aromatic N) is 2. The van der Waals surface area contributed by atoms with Crippen LogP contribution in [0.4, 0.5) is 14.5 Å². The monoisotopic (exact) mass is 272 g/mol. The lowest BCUT2D eigenvalue weighted by atomic mass is 10.1. The Bertz CT molecular complexity index is 579. The Hall–Kier alpha value is -2.00. The average molecular weight is 273 g/mol. The van der Waals surface area contributed by atoms with Gasteiger partial charge in [-0.15, -0.1) is 0 Å². The smallest absolute Gasteiger partial charge is 0.258 e. The summed E-state index contributed by atoms with van der Waals surface area (Å²) in [5.74, 6) is -2.25. The van der Waals surface area contributed by atoms with Crippen molar-refractivity contribution in [2.45, 2.75) is 13.3 Å². The summed E-state index contributed by atoms with van der Waals surface area (Å²) in [6.45, 7) is 1.60. The predicted molar refractivity (Wildman–Crippen MR) is 61.7 cm³/mol. The van der Waals surface area contributed by atoms with Gasteiger partial charge in [-0.25, -0.2) is 4.39 Å². The van der Waals surface area contributed by atoms with Crippen LogP contribution in [-0.2, 0) is 0 Å². The van der Waals surface area contributed by atoms with Crippen molar-refractivity contribution in [1.82, 2.24) is 0 Å². The summed E-state index contributed by atoms with van der Waals surface area (Å²) in [4.78, 5) is 9.48. The third kappa shape index (κ3) is 2.63. The maximum absolute atomic E-state index is 13.8. The van der Waals surface area contributed by atoms with Crippen LogP contribution in [0.2, 0.25) is 0 Å². The topological polar surface area (TPSA) is 66.9 Å². The molecule has 0 aromatic heterocycles. The molecule has 0 atom stereocenters. The highest BCUT2D eigenvalue weighted by Gasteiger charge is 2.22. The first-order valence-corrected chi connectivity index (χ1v) is 5.22. The van der Waals surface area contributed by atoms with Crippen LogP contribution in [0.3, 0.4) is 0 Å². The number of nitriles is 1. The Balaban J connectivity index is 3.57. The highest BCUT2D eigenvalue weighted by molar-refractivity contribution is 6.49. The van der Waals surface area contributed by atoms with Crippen LogP contribution >= 0.6 is 11.6 Å². The van der Waals surface area contributed by atoms with Crippen molar-refractivity contribution in [3.8, 4) is 6.07 Å². The third-order valence-corrected chi connectivity index (χ3v) is 2.64. The van der Waals surface area contributed by atoms with Crippen LogP contribution in [0.5, 0.6) is 0 Å². The van der Waals surface area contributed by atoms with Crippen molar-refractivity contribution in [3.63, 3.8) is 0 Å². The molecule has 1 rings (SSSR count). The molecule has 0 aliphatic rings. The largest absolute Gasteiger partial charge is 0.308 e. The molecule has 94 valence electrons. The van der Waals surface area contributed by atoms with Crippen LogP contribution in [0.15, 0.2) is 17.7 Å². The maximum atomic E-state index is 13.8. The molecule has 0 heterocycles. The second-order valence-electron chi connectivity index (χ2n) is 3.30. The molecule has 1 aromatic rings. The summed E-state index contributed by atoms with van der Waals surface area (Å²) >= 11 is 5.75. The SMILES string of the molecule is CC/C(C#N)=C(/Cl)c1cc(F)cc([N+](=O)[O-])c1F. The first-order chi connectivity index (χ1) is 8.42. The Morgan fingerprint density at radius 2 is 2.17 bits per heavy atom. The molecule has 0 N–H and O–H groups in total. The first kappa shape index (κ1) is 14.1. The molecule has 0 aliphatic carbocycles. The van der Waals surface area contributed by atoms with Crippen LogP contribution < -0.4 is 0 Å². The molecule has 0 spiro atoms. The standard InChI is InChI=1S/C11H7ClF2N2O2/c1-2-6(5-15)10(12)8-3-7(13)4-9(11(8)14)16(17)18/h3-4H,2H2,1H3/b10-6-. The van der Waals surface area contributed by atoms with E-state index in [0.29, 0.717) is 6.07 Å². The molecule has 0 radical (unpaired) electrons. The van der Waals surface area contributed by atoms with Gasteiger partial charge in [-0.1, -0.05) is 18.5 Å². The van der Waals surface area contributed by atoms with Crippen LogP contribution in [0.25, 0.3) is 5.03 Å². The summed E-state index contributed by atoms with van der Waals surface area (Å²) in [6.07, 6.45) is 0.207.